The molecular formula is C12H14N2O2. The van der Waals surface area contributed by atoms with Gasteiger partial charge in [0, 0.05) is 5.69 Å². The zero-order valence-corrected chi connectivity index (χ0v) is 9.36. The number of rotatable bonds is 4. The lowest BCUT2D eigenvalue weighted by atomic mass is 10.2. The molecule has 1 rings (SSSR count). The third-order valence-corrected chi connectivity index (χ3v) is 1.82. The van der Waals surface area contributed by atoms with Gasteiger partial charge in [0.2, 0.25) is 0 Å². The maximum absolute atomic E-state index is 11.2. The lowest BCUT2D eigenvalue weighted by Crippen LogP contribution is -2.20. The molecule has 0 unspecified atom stereocenters. The SMILES string of the molecule is CC(C)OC(=O)CNc1ccc(C#N)cc1. The Morgan fingerprint density at radius 3 is 2.56 bits per heavy atom. The van der Waals surface area contributed by atoms with Gasteiger partial charge in [-0.2, -0.15) is 5.26 Å². The molecule has 1 aromatic rings. The summed E-state index contributed by atoms with van der Waals surface area (Å²) in [5.74, 6) is -0.292. The summed E-state index contributed by atoms with van der Waals surface area (Å²) in [6.45, 7) is 3.74. The van der Waals surface area contributed by atoms with Gasteiger partial charge in [0.15, 0.2) is 0 Å². The number of nitrogens with one attached hydrogen (secondary N) is 1. The van der Waals surface area contributed by atoms with Crippen molar-refractivity contribution in [3.05, 3.63) is 29.8 Å². The van der Waals surface area contributed by atoms with Crippen molar-refractivity contribution in [2.45, 2.75) is 20.0 Å². The number of carbonyl (C=O) groups is 1. The second kappa shape index (κ2) is 5.76. The van der Waals surface area contributed by atoms with Crippen LogP contribution in [0.2, 0.25) is 0 Å². The molecule has 0 radical (unpaired) electrons. The maximum Gasteiger partial charge on any atom is 0.325 e. The van der Waals surface area contributed by atoms with E-state index in [4.69, 9.17) is 10.00 Å². The molecule has 0 heterocycles. The first-order valence-corrected chi connectivity index (χ1v) is 5.05. The highest BCUT2D eigenvalue weighted by molar-refractivity contribution is 5.75. The van der Waals surface area contributed by atoms with Crippen molar-refractivity contribution >= 4 is 11.7 Å². The quantitative estimate of drug-likeness (QED) is 0.784. The second-order valence-electron chi connectivity index (χ2n) is 3.58. The molecule has 0 saturated carbocycles. The molecule has 0 saturated heterocycles. The molecule has 84 valence electrons. The van der Waals surface area contributed by atoms with Crippen molar-refractivity contribution in [1.82, 2.24) is 0 Å². The van der Waals surface area contributed by atoms with Gasteiger partial charge >= 0.3 is 5.97 Å². The number of nitriles is 1. The van der Waals surface area contributed by atoms with Crippen LogP contribution in [-0.2, 0) is 9.53 Å². The number of esters is 1. The van der Waals surface area contributed by atoms with Crippen LogP contribution < -0.4 is 5.32 Å². The van der Waals surface area contributed by atoms with Crippen LogP contribution in [0, 0.1) is 11.3 Å². The Balaban J connectivity index is 2.43. The fourth-order valence-corrected chi connectivity index (χ4v) is 1.14. The Kier molecular flexibility index (Phi) is 4.34. The summed E-state index contributed by atoms with van der Waals surface area (Å²) in [5, 5.41) is 11.5. The Bertz CT molecular complexity index is 390. The van der Waals surface area contributed by atoms with Crippen LogP contribution in [-0.4, -0.2) is 18.6 Å². The van der Waals surface area contributed by atoms with E-state index < -0.39 is 0 Å². The van der Waals surface area contributed by atoms with Crippen molar-refractivity contribution in [2.24, 2.45) is 0 Å². The number of ether oxygens (including phenoxy) is 1. The van der Waals surface area contributed by atoms with E-state index in [2.05, 4.69) is 5.32 Å². The Morgan fingerprint density at radius 1 is 1.44 bits per heavy atom. The van der Waals surface area contributed by atoms with Gasteiger partial charge in [0.25, 0.3) is 0 Å². The molecule has 1 N–H and O–H groups in total. The Hall–Kier alpha value is -2.02. The van der Waals surface area contributed by atoms with Crippen LogP contribution in [0.1, 0.15) is 19.4 Å². The second-order valence-corrected chi connectivity index (χ2v) is 3.58. The zero-order valence-electron chi connectivity index (χ0n) is 9.36. The van der Waals surface area contributed by atoms with E-state index in [1.54, 1.807) is 38.1 Å². The summed E-state index contributed by atoms with van der Waals surface area (Å²) in [4.78, 5) is 11.2. The molecule has 0 spiro atoms. The van der Waals surface area contributed by atoms with Crippen LogP contribution >= 0.6 is 0 Å². The number of benzene rings is 1. The minimum absolute atomic E-state index is 0.102. The van der Waals surface area contributed by atoms with Gasteiger partial charge in [-0.25, -0.2) is 0 Å². The van der Waals surface area contributed by atoms with Crippen LogP contribution in [0.15, 0.2) is 24.3 Å². The number of hydrogen-bond acceptors (Lipinski definition) is 4. The molecular weight excluding hydrogens is 204 g/mol. The topological polar surface area (TPSA) is 62.1 Å². The smallest absolute Gasteiger partial charge is 0.325 e. The molecule has 1 aromatic carbocycles. The lowest BCUT2D eigenvalue weighted by molar-refractivity contribution is -0.145. The standard InChI is InChI=1S/C12H14N2O2/c1-9(2)16-12(15)8-14-11-5-3-10(7-13)4-6-11/h3-6,9,14H,8H2,1-2H3. The molecule has 0 aromatic heterocycles. The number of hydrogen-bond donors (Lipinski definition) is 1. The first kappa shape index (κ1) is 12.1. The highest BCUT2D eigenvalue weighted by Crippen LogP contribution is 2.08. The number of nitrogens with zero attached hydrogens (tertiary/aromatic N) is 1. The van der Waals surface area contributed by atoms with Crippen LogP contribution in [0.4, 0.5) is 5.69 Å². The average Bonchev–Trinajstić information content (AvgIpc) is 2.26. The number of anilines is 1. The predicted octanol–water partition coefficient (Wildman–Crippen LogP) is 1.92. The molecule has 0 amide bonds. The Morgan fingerprint density at radius 2 is 2.06 bits per heavy atom. The largest absolute Gasteiger partial charge is 0.462 e. The maximum atomic E-state index is 11.2. The highest BCUT2D eigenvalue weighted by atomic mass is 16.5. The van der Waals surface area contributed by atoms with Gasteiger partial charge in [-0.15, -0.1) is 0 Å². The van der Waals surface area contributed by atoms with E-state index in [0.717, 1.165) is 5.69 Å². The van der Waals surface area contributed by atoms with Crippen molar-refractivity contribution in [3.63, 3.8) is 0 Å². The van der Waals surface area contributed by atoms with Gasteiger partial charge in [-0.3, -0.25) is 4.79 Å². The summed E-state index contributed by atoms with van der Waals surface area (Å²) < 4.78 is 4.96. The minimum atomic E-state index is -0.292. The zero-order chi connectivity index (χ0) is 12.0. The van der Waals surface area contributed by atoms with Gasteiger partial charge in [-0.05, 0) is 38.1 Å². The first-order valence-electron chi connectivity index (χ1n) is 5.05. The van der Waals surface area contributed by atoms with Crippen molar-refractivity contribution < 1.29 is 9.53 Å². The van der Waals surface area contributed by atoms with Gasteiger partial charge < -0.3 is 10.1 Å². The summed E-state index contributed by atoms with van der Waals surface area (Å²) in [6, 6.07) is 8.91. The molecule has 4 nitrogen and oxygen atoms in total. The molecule has 0 aliphatic rings. The third-order valence-electron chi connectivity index (χ3n) is 1.82. The van der Waals surface area contributed by atoms with E-state index in [1.165, 1.54) is 0 Å². The van der Waals surface area contributed by atoms with Crippen molar-refractivity contribution in [3.8, 4) is 6.07 Å². The lowest BCUT2D eigenvalue weighted by Gasteiger charge is -2.09. The molecule has 16 heavy (non-hydrogen) atoms. The summed E-state index contributed by atoms with van der Waals surface area (Å²) >= 11 is 0. The van der Waals surface area contributed by atoms with Gasteiger partial charge in [-0.1, -0.05) is 0 Å². The Labute approximate surface area is 94.8 Å². The van der Waals surface area contributed by atoms with Gasteiger partial charge in [0.05, 0.1) is 17.7 Å². The van der Waals surface area contributed by atoms with Crippen molar-refractivity contribution in [2.75, 3.05) is 11.9 Å². The first-order chi connectivity index (χ1) is 7.61. The normalized spacial score (nSPS) is 9.62. The molecule has 0 fully saturated rings. The average molecular weight is 218 g/mol. The van der Waals surface area contributed by atoms with Crippen LogP contribution in [0.25, 0.3) is 0 Å². The van der Waals surface area contributed by atoms with E-state index in [9.17, 15) is 4.79 Å². The van der Waals surface area contributed by atoms with Crippen LogP contribution in [0.5, 0.6) is 0 Å². The summed E-state index contributed by atoms with van der Waals surface area (Å²) in [6.07, 6.45) is -0.102. The van der Waals surface area contributed by atoms with Crippen molar-refractivity contribution in [1.29, 1.82) is 5.26 Å². The fraction of sp³-hybridized carbons (Fsp3) is 0.333. The summed E-state index contributed by atoms with van der Waals surface area (Å²) in [7, 11) is 0. The molecule has 4 heteroatoms. The van der Waals surface area contributed by atoms with E-state index in [0.29, 0.717) is 5.56 Å². The number of carbonyl (C=O) groups excluding carboxylic acids is 1. The van der Waals surface area contributed by atoms with Gasteiger partial charge in [0.1, 0.15) is 6.54 Å². The third kappa shape index (κ3) is 4.01. The van der Waals surface area contributed by atoms with E-state index in [1.807, 2.05) is 6.07 Å². The molecule has 0 atom stereocenters. The predicted molar refractivity (Wildman–Crippen MR) is 60.9 cm³/mol. The van der Waals surface area contributed by atoms with E-state index >= 15 is 0 Å². The minimum Gasteiger partial charge on any atom is -0.462 e. The van der Waals surface area contributed by atoms with E-state index in [-0.39, 0.29) is 18.6 Å². The summed E-state index contributed by atoms with van der Waals surface area (Å²) in [5.41, 5.74) is 1.38. The van der Waals surface area contributed by atoms with Crippen LogP contribution in [0.3, 0.4) is 0 Å². The highest BCUT2D eigenvalue weighted by Gasteiger charge is 2.04. The monoisotopic (exact) mass is 218 g/mol. The molecule has 0 bridgehead atoms. The molecule has 0 aliphatic heterocycles. The molecule has 0 aliphatic carbocycles. The fourth-order valence-electron chi connectivity index (χ4n) is 1.14.